The molecule has 0 aliphatic carbocycles. The number of aromatic nitrogens is 1. The Labute approximate surface area is 227 Å². The number of benzene rings is 1. The van der Waals surface area contributed by atoms with Crippen LogP contribution in [0.5, 0.6) is 0 Å². The molecular weight excluding hydrogens is 480 g/mol. The van der Waals surface area contributed by atoms with Crippen molar-refractivity contribution >= 4 is 28.7 Å². The van der Waals surface area contributed by atoms with E-state index in [2.05, 4.69) is 33.5 Å². The number of amides is 2. The van der Waals surface area contributed by atoms with E-state index in [9.17, 15) is 19.5 Å². The molecule has 2 aromatic rings. The van der Waals surface area contributed by atoms with Gasteiger partial charge < -0.3 is 25.2 Å². The molecule has 0 aliphatic heterocycles. The minimum atomic E-state index is -1.02. The fraction of sp³-hybridized carbons (Fsp3) is 0.567. The summed E-state index contributed by atoms with van der Waals surface area (Å²) in [5, 5.41) is 16.7. The molecule has 2 rings (SSSR count). The molecule has 1 unspecified atom stereocenters. The van der Waals surface area contributed by atoms with Gasteiger partial charge in [-0.25, -0.2) is 4.79 Å². The summed E-state index contributed by atoms with van der Waals surface area (Å²) in [6.45, 7) is 15.2. The van der Waals surface area contributed by atoms with Crippen molar-refractivity contribution in [3.05, 3.63) is 47.7 Å². The molecule has 38 heavy (non-hydrogen) atoms. The van der Waals surface area contributed by atoms with Crippen molar-refractivity contribution in [3.63, 3.8) is 0 Å². The quantitative estimate of drug-likeness (QED) is 0.405. The van der Waals surface area contributed by atoms with Gasteiger partial charge in [0.2, 0.25) is 11.8 Å². The van der Waals surface area contributed by atoms with Crippen LogP contribution < -0.4 is 10.6 Å². The molecule has 0 fully saturated rings. The maximum Gasteiger partial charge on any atom is 0.331 e. The predicted molar refractivity (Wildman–Crippen MR) is 153 cm³/mol. The van der Waals surface area contributed by atoms with Crippen LogP contribution in [0.25, 0.3) is 10.9 Å². The second kappa shape index (κ2) is 11.7. The monoisotopic (exact) mass is 526 g/mol. The molecular formula is C30H46N4O4. The summed E-state index contributed by atoms with van der Waals surface area (Å²) in [6.07, 6.45) is 3.67. The number of hydrogen-bond acceptors (Lipinski definition) is 4. The molecule has 2 amide bonds. The molecule has 1 heterocycles. The number of aliphatic carboxylic acids is 1. The lowest BCUT2D eigenvalue weighted by Gasteiger charge is -2.39. The van der Waals surface area contributed by atoms with Crippen molar-refractivity contribution in [3.8, 4) is 0 Å². The van der Waals surface area contributed by atoms with Crippen LogP contribution in [0.2, 0.25) is 0 Å². The van der Waals surface area contributed by atoms with Crippen molar-refractivity contribution in [2.75, 3.05) is 14.1 Å². The van der Waals surface area contributed by atoms with E-state index in [1.54, 1.807) is 25.1 Å². The third-order valence-electron chi connectivity index (χ3n) is 7.50. The number of carboxylic acids is 1. The number of carbonyl (C=O) groups excluding carboxylic acids is 2. The average molecular weight is 527 g/mol. The smallest absolute Gasteiger partial charge is 0.331 e. The van der Waals surface area contributed by atoms with Crippen LogP contribution in [-0.2, 0) is 26.8 Å². The van der Waals surface area contributed by atoms with E-state index in [1.165, 1.54) is 6.92 Å². The van der Waals surface area contributed by atoms with Gasteiger partial charge in [0, 0.05) is 42.2 Å². The molecule has 0 saturated carbocycles. The SMILES string of the molecule is CN[C@H](C(=O)NC(C(=O)N(C)[C@H](/C=C(\C)C(=O)O)C(C)C)C(C)(C)C)C(C)(C)c1cn(C)c2ccccc12. The highest BCUT2D eigenvalue weighted by Gasteiger charge is 2.42. The Kier molecular flexibility index (Phi) is 9.59. The molecule has 3 N–H and O–H groups in total. The Morgan fingerprint density at radius 3 is 2.13 bits per heavy atom. The zero-order valence-electron chi connectivity index (χ0n) is 24.8. The predicted octanol–water partition coefficient (Wildman–Crippen LogP) is 4.09. The topological polar surface area (TPSA) is 104 Å². The number of carboxylic acid groups (broad SMARTS) is 1. The van der Waals surface area contributed by atoms with Gasteiger partial charge in [0.05, 0.1) is 12.1 Å². The van der Waals surface area contributed by atoms with E-state index in [4.69, 9.17) is 0 Å². The lowest BCUT2D eigenvalue weighted by atomic mass is 9.76. The lowest BCUT2D eigenvalue weighted by Crippen LogP contribution is -2.61. The molecule has 0 saturated heterocycles. The fourth-order valence-electron chi connectivity index (χ4n) is 5.13. The molecule has 8 heteroatoms. The van der Waals surface area contributed by atoms with Gasteiger partial charge in [0.25, 0.3) is 0 Å². The van der Waals surface area contributed by atoms with E-state index >= 15 is 0 Å². The number of hydrogen-bond donors (Lipinski definition) is 3. The van der Waals surface area contributed by atoms with Gasteiger partial charge >= 0.3 is 5.97 Å². The van der Waals surface area contributed by atoms with Crippen molar-refractivity contribution in [2.45, 2.75) is 78.9 Å². The van der Waals surface area contributed by atoms with Gasteiger partial charge in [-0.1, -0.05) is 72.7 Å². The molecule has 210 valence electrons. The van der Waals surface area contributed by atoms with Crippen LogP contribution >= 0.6 is 0 Å². The van der Waals surface area contributed by atoms with Crippen LogP contribution in [0.1, 0.15) is 61.0 Å². The van der Waals surface area contributed by atoms with E-state index in [0.717, 1.165) is 16.5 Å². The lowest BCUT2D eigenvalue weighted by molar-refractivity contribution is -0.141. The number of rotatable bonds is 10. The maximum atomic E-state index is 13.9. The van der Waals surface area contributed by atoms with E-state index in [1.807, 2.05) is 67.6 Å². The van der Waals surface area contributed by atoms with Gasteiger partial charge in [-0.05, 0) is 36.9 Å². The van der Waals surface area contributed by atoms with Crippen LogP contribution in [-0.4, -0.2) is 64.6 Å². The normalized spacial score (nSPS) is 15.3. The second-order valence-corrected chi connectivity index (χ2v) is 12.3. The van der Waals surface area contributed by atoms with Gasteiger partial charge in [0.15, 0.2) is 0 Å². The highest BCUT2D eigenvalue weighted by molar-refractivity contribution is 5.93. The zero-order valence-corrected chi connectivity index (χ0v) is 24.8. The Balaban J connectivity index is 2.43. The first-order valence-corrected chi connectivity index (χ1v) is 13.2. The zero-order chi connectivity index (χ0) is 29.2. The first-order chi connectivity index (χ1) is 17.4. The standard InChI is InChI=1S/C30H46N4O4/c1-18(2)23(16-19(3)28(37)38)34(11)27(36)25(29(4,5)6)32-26(35)24(31-9)30(7,8)21-17-33(10)22-15-13-12-14-20(21)22/h12-18,23-25,31H,1-11H3,(H,32,35)(H,37,38)/b19-16+/t23-,24-,25?/m1/s1. The first kappa shape index (κ1) is 31.1. The fourth-order valence-corrected chi connectivity index (χ4v) is 5.13. The maximum absolute atomic E-state index is 13.9. The molecule has 1 aromatic heterocycles. The van der Waals surface area contributed by atoms with Crippen molar-refractivity contribution in [1.82, 2.24) is 20.1 Å². The Bertz CT molecular complexity index is 1200. The summed E-state index contributed by atoms with van der Waals surface area (Å²) in [5.41, 5.74) is 1.11. The molecule has 1 aromatic carbocycles. The van der Waals surface area contributed by atoms with Gasteiger partial charge in [-0.3, -0.25) is 9.59 Å². The summed E-state index contributed by atoms with van der Waals surface area (Å²) in [6, 6.07) is 6.23. The van der Waals surface area contributed by atoms with Crippen molar-refractivity contribution in [1.29, 1.82) is 0 Å². The van der Waals surface area contributed by atoms with Gasteiger partial charge in [-0.15, -0.1) is 0 Å². The molecule has 8 nitrogen and oxygen atoms in total. The minimum absolute atomic E-state index is 0.0232. The minimum Gasteiger partial charge on any atom is -0.478 e. The molecule has 0 spiro atoms. The summed E-state index contributed by atoms with van der Waals surface area (Å²) in [4.78, 5) is 40.7. The van der Waals surface area contributed by atoms with E-state index in [-0.39, 0.29) is 23.3 Å². The Hall–Kier alpha value is -3.13. The largest absolute Gasteiger partial charge is 0.478 e. The summed E-state index contributed by atoms with van der Waals surface area (Å²) in [5.74, 6) is -1.59. The number of likely N-dealkylation sites (N-methyl/N-ethyl adjacent to an activating group) is 2. The third-order valence-corrected chi connectivity index (χ3v) is 7.50. The van der Waals surface area contributed by atoms with E-state index < -0.39 is 34.9 Å². The van der Waals surface area contributed by atoms with Gasteiger partial charge in [-0.2, -0.15) is 0 Å². The number of carbonyl (C=O) groups is 3. The Morgan fingerprint density at radius 2 is 1.63 bits per heavy atom. The molecule has 0 aliphatic rings. The summed E-state index contributed by atoms with van der Waals surface area (Å²) in [7, 11) is 5.41. The second-order valence-electron chi connectivity index (χ2n) is 12.3. The number of nitrogens with one attached hydrogen (secondary N) is 2. The number of aryl methyl sites for hydroxylation is 1. The highest BCUT2D eigenvalue weighted by atomic mass is 16.4. The average Bonchev–Trinajstić information content (AvgIpc) is 3.16. The van der Waals surface area contributed by atoms with Crippen LogP contribution in [0.3, 0.4) is 0 Å². The van der Waals surface area contributed by atoms with Crippen LogP contribution in [0.15, 0.2) is 42.1 Å². The van der Waals surface area contributed by atoms with Gasteiger partial charge in [0.1, 0.15) is 6.04 Å². The third kappa shape index (κ3) is 6.46. The summed E-state index contributed by atoms with van der Waals surface area (Å²) < 4.78 is 2.06. The van der Waals surface area contributed by atoms with Crippen LogP contribution in [0.4, 0.5) is 0 Å². The number of nitrogens with zero attached hydrogens (tertiary/aromatic N) is 2. The molecule has 0 radical (unpaired) electrons. The van der Waals surface area contributed by atoms with Crippen molar-refractivity contribution < 1.29 is 19.5 Å². The molecule has 0 bridgehead atoms. The first-order valence-electron chi connectivity index (χ1n) is 13.2. The van der Waals surface area contributed by atoms with Crippen molar-refractivity contribution in [2.24, 2.45) is 18.4 Å². The Morgan fingerprint density at radius 1 is 1.05 bits per heavy atom. The summed E-state index contributed by atoms with van der Waals surface area (Å²) >= 11 is 0. The number of para-hydroxylation sites is 1. The molecule has 3 atom stereocenters. The van der Waals surface area contributed by atoms with E-state index in [0.29, 0.717) is 0 Å². The number of fused-ring (bicyclic) bond motifs is 1. The highest BCUT2D eigenvalue weighted by Crippen LogP contribution is 2.35. The van der Waals surface area contributed by atoms with Crippen LogP contribution in [0, 0.1) is 11.3 Å².